The van der Waals surface area contributed by atoms with Crippen molar-refractivity contribution in [3.05, 3.63) is 77.4 Å². The number of methoxy groups -OCH3 is 1. The van der Waals surface area contributed by atoms with Crippen LogP contribution in [-0.4, -0.2) is 55.9 Å². The number of ether oxygens (including phenoxy) is 4. The molecular weight excluding hydrogens is 554 g/mol. The van der Waals surface area contributed by atoms with E-state index in [4.69, 9.17) is 18.9 Å². The molecule has 0 amide bonds. The van der Waals surface area contributed by atoms with Gasteiger partial charge in [0.25, 0.3) is 0 Å². The molecule has 1 N–H and O–H groups in total. The predicted octanol–water partition coefficient (Wildman–Crippen LogP) is 6.99. The lowest BCUT2D eigenvalue weighted by Crippen LogP contribution is -2.33. The minimum atomic E-state index is -0.684. The summed E-state index contributed by atoms with van der Waals surface area (Å²) in [6, 6.07) is 18.9. The van der Waals surface area contributed by atoms with E-state index < -0.39 is 11.4 Å². The number of hydrogen-bond donors (Lipinski definition) is 1. The van der Waals surface area contributed by atoms with E-state index >= 15 is 0 Å². The Morgan fingerprint density at radius 2 is 1.55 bits per heavy atom. The Kier molecular flexibility index (Phi) is 10.1. The molecule has 2 aliphatic rings. The van der Waals surface area contributed by atoms with E-state index in [1.54, 1.807) is 33.9 Å². The predicted molar refractivity (Wildman–Crippen MR) is 167 cm³/mol. The molecule has 3 aromatic carbocycles. The molecule has 0 radical (unpaired) electrons. The van der Waals surface area contributed by atoms with E-state index in [0.717, 1.165) is 53.4 Å². The number of nitrogens with zero attached hydrogens (tertiary/aromatic N) is 1. The van der Waals surface area contributed by atoms with Crippen LogP contribution in [0.3, 0.4) is 0 Å². The van der Waals surface area contributed by atoms with Crippen molar-refractivity contribution in [2.45, 2.75) is 40.0 Å². The Bertz CT molecular complexity index is 1400. The number of benzene rings is 3. The molecule has 0 aliphatic carbocycles. The Balaban J connectivity index is 0.00000405. The van der Waals surface area contributed by atoms with Crippen LogP contribution in [0.2, 0.25) is 0 Å². The van der Waals surface area contributed by atoms with Gasteiger partial charge in [-0.15, -0.1) is 12.4 Å². The maximum Gasteiger partial charge on any atom is 0.316 e. The summed E-state index contributed by atoms with van der Waals surface area (Å²) >= 11 is 0. The van der Waals surface area contributed by atoms with Gasteiger partial charge < -0.3 is 24.1 Å². The van der Waals surface area contributed by atoms with Crippen molar-refractivity contribution in [2.24, 2.45) is 5.41 Å². The van der Waals surface area contributed by atoms with Gasteiger partial charge in [0, 0.05) is 29.8 Å². The first-order valence-corrected chi connectivity index (χ1v) is 14.3. The van der Waals surface area contributed by atoms with Gasteiger partial charge in [0.05, 0.1) is 18.1 Å². The van der Waals surface area contributed by atoms with Crippen LogP contribution in [0.25, 0.3) is 11.1 Å². The highest BCUT2D eigenvalue weighted by Crippen LogP contribution is 2.47. The highest BCUT2D eigenvalue weighted by molar-refractivity contribution is 6.03. The quantitative estimate of drug-likeness (QED) is 0.223. The fraction of sp³-hybridized carbons (Fsp3) is 0.382. The third-order valence-electron chi connectivity index (χ3n) is 7.51. The average molecular weight is 594 g/mol. The Labute approximate surface area is 254 Å². The molecule has 7 nitrogen and oxygen atoms in total. The number of hydrogen-bond acceptors (Lipinski definition) is 7. The maximum absolute atomic E-state index is 12.5. The van der Waals surface area contributed by atoms with Gasteiger partial charge in [-0.05, 0) is 82.1 Å². The van der Waals surface area contributed by atoms with E-state index in [1.807, 2.05) is 48.5 Å². The number of halogens is 1. The van der Waals surface area contributed by atoms with Crippen molar-refractivity contribution in [1.82, 2.24) is 4.90 Å². The molecule has 0 bridgehead atoms. The molecule has 5 rings (SSSR count). The average Bonchev–Trinajstić information content (AvgIpc) is 2.97. The number of piperidine rings is 1. The molecule has 1 saturated heterocycles. The fourth-order valence-electron chi connectivity index (χ4n) is 5.17. The van der Waals surface area contributed by atoms with Gasteiger partial charge >= 0.3 is 5.97 Å². The van der Waals surface area contributed by atoms with Crippen molar-refractivity contribution < 1.29 is 28.8 Å². The Hall–Kier alpha value is -3.68. The first-order valence-electron chi connectivity index (χ1n) is 14.3. The molecule has 224 valence electrons. The normalized spacial score (nSPS) is 15.2. The molecule has 3 aromatic rings. The van der Waals surface area contributed by atoms with Crippen LogP contribution in [-0.2, 0) is 4.79 Å². The maximum atomic E-state index is 12.5. The molecule has 2 aliphatic heterocycles. The van der Waals surface area contributed by atoms with Crippen LogP contribution < -0.4 is 18.9 Å². The zero-order valence-electron chi connectivity index (χ0n) is 24.8. The van der Waals surface area contributed by atoms with E-state index in [0.29, 0.717) is 17.9 Å². The number of esters is 1. The smallest absolute Gasteiger partial charge is 0.316 e. The van der Waals surface area contributed by atoms with E-state index in [2.05, 4.69) is 4.90 Å². The summed E-state index contributed by atoms with van der Waals surface area (Å²) < 4.78 is 23.1. The monoisotopic (exact) mass is 593 g/mol. The molecule has 8 heteroatoms. The van der Waals surface area contributed by atoms with Gasteiger partial charge in [0.1, 0.15) is 42.0 Å². The van der Waals surface area contributed by atoms with Crippen LogP contribution in [0.5, 0.6) is 28.7 Å². The van der Waals surface area contributed by atoms with E-state index in [9.17, 15) is 9.90 Å². The summed E-state index contributed by atoms with van der Waals surface area (Å²) in [6.45, 7) is 9.49. The van der Waals surface area contributed by atoms with Gasteiger partial charge in [0.15, 0.2) is 0 Å². The second kappa shape index (κ2) is 13.5. The van der Waals surface area contributed by atoms with Crippen LogP contribution in [0.15, 0.2) is 60.7 Å². The summed E-state index contributed by atoms with van der Waals surface area (Å²) in [5.41, 5.74) is 3.51. The van der Waals surface area contributed by atoms with Crippen molar-refractivity contribution in [3.8, 4) is 28.7 Å². The lowest BCUT2D eigenvalue weighted by atomic mass is 9.87. The van der Waals surface area contributed by atoms with E-state index in [-0.39, 0.29) is 30.5 Å². The molecule has 0 saturated carbocycles. The minimum absolute atomic E-state index is 0. The molecule has 0 atom stereocenters. The number of rotatable bonds is 8. The number of phenolic OH excluding ortho intramolecular Hbond substituents is 1. The lowest BCUT2D eigenvalue weighted by Gasteiger charge is -2.27. The third-order valence-corrected chi connectivity index (χ3v) is 7.51. The summed E-state index contributed by atoms with van der Waals surface area (Å²) in [4.78, 5) is 15.0. The number of aromatic hydroxyl groups is 1. The van der Waals surface area contributed by atoms with Crippen LogP contribution in [0.1, 0.15) is 56.7 Å². The van der Waals surface area contributed by atoms with Gasteiger partial charge in [-0.3, -0.25) is 9.69 Å². The Morgan fingerprint density at radius 1 is 0.905 bits per heavy atom. The topological polar surface area (TPSA) is 77.5 Å². The van der Waals surface area contributed by atoms with Gasteiger partial charge in [-0.2, -0.15) is 0 Å². The molecular formula is C34H40ClNO6. The summed E-state index contributed by atoms with van der Waals surface area (Å²) in [5, 5.41) is 11.3. The molecule has 1 fully saturated rings. The summed E-state index contributed by atoms with van der Waals surface area (Å²) in [5.74, 6) is 1.84. The molecule has 0 aromatic heterocycles. The highest BCUT2D eigenvalue weighted by Gasteiger charge is 2.29. The van der Waals surface area contributed by atoms with Gasteiger partial charge in [-0.1, -0.05) is 30.7 Å². The van der Waals surface area contributed by atoms with E-state index in [1.165, 1.54) is 25.3 Å². The van der Waals surface area contributed by atoms with Crippen LogP contribution in [0, 0.1) is 5.41 Å². The number of likely N-dealkylation sites (tertiary alicyclic amines) is 1. The SMILES string of the molecule is COc1ccc(C2=C(c3ccc(OCCN4CCCCC4)cc3)c3c(O)cc(OC(=O)C(C)(C)C)cc3OC2)cc1.Cl. The van der Waals surface area contributed by atoms with Crippen LogP contribution in [0.4, 0.5) is 0 Å². The van der Waals surface area contributed by atoms with Gasteiger partial charge in [-0.25, -0.2) is 0 Å². The van der Waals surface area contributed by atoms with Crippen molar-refractivity contribution in [1.29, 1.82) is 0 Å². The minimum Gasteiger partial charge on any atom is -0.507 e. The van der Waals surface area contributed by atoms with Crippen molar-refractivity contribution in [3.63, 3.8) is 0 Å². The zero-order valence-corrected chi connectivity index (χ0v) is 25.6. The summed E-state index contributed by atoms with van der Waals surface area (Å²) in [7, 11) is 1.64. The standard InChI is InChI=1S/C34H39NO6.ClH/c1-34(2,3)33(37)41-27-20-29(36)32-30(21-27)40-22-28(23-8-12-25(38-4)13-9-23)31(32)24-10-14-26(15-11-24)39-19-18-35-16-6-5-7-17-35;/h8-15,20-21,36H,5-7,16-19,22H2,1-4H3;1H. The summed E-state index contributed by atoms with van der Waals surface area (Å²) in [6.07, 6.45) is 3.85. The third kappa shape index (κ3) is 7.20. The molecule has 2 heterocycles. The number of fused-ring (bicyclic) bond motifs is 1. The number of phenols is 1. The number of carbonyl (C=O) groups excluding carboxylic acids is 1. The lowest BCUT2D eigenvalue weighted by molar-refractivity contribution is -0.143. The first-order chi connectivity index (χ1) is 19.7. The Morgan fingerprint density at radius 3 is 2.19 bits per heavy atom. The first kappa shape index (κ1) is 31.3. The highest BCUT2D eigenvalue weighted by atomic mass is 35.5. The van der Waals surface area contributed by atoms with Crippen molar-refractivity contribution >= 4 is 29.5 Å². The molecule has 42 heavy (non-hydrogen) atoms. The van der Waals surface area contributed by atoms with Crippen molar-refractivity contribution in [2.75, 3.05) is 40.0 Å². The van der Waals surface area contributed by atoms with Gasteiger partial charge in [0.2, 0.25) is 0 Å². The fourth-order valence-corrected chi connectivity index (χ4v) is 5.17. The molecule has 0 spiro atoms. The second-order valence-electron chi connectivity index (χ2n) is 11.6. The van der Waals surface area contributed by atoms with Crippen LogP contribution >= 0.6 is 12.4 Å². The second-order valence-corrected chi connectivity index (χ2v) is 11.6. The largest absolute Gasteiger partial charge is 0.507 e. The molecule has 0 unspecified atom stereocenters. The number of carbonyl (C=O) groups is 1. The zero-order chi connectivity index (χ0) is 29.0.